The van der Waals surface area contributed by atoms with Gasteiger partial charge in [-0.25, -0.2) is 18.5 Å². The highest BCUT2D eigenvalue weighted by Crippen LogP contribution is 2.27. The molecule has 9 nitrogen and oxygen atoms in total. The summed E-state index contributed by atoms with van der Waals surface area (Å²) in [7, 11) is -3.83. The molecule has 188 valence electrons. The van der Waals surface area contributed by atoms with Crippen LogP contribution in [-0.2, 0) is 37.2 Å². The molecule has 1 unspecified atom stereocenters. The predicted molar refractivity (Wildman–Crippen MR) is 135 cm³/mol. The van der Waals surface area contributed by atoms with Crippen LogP contribution in [0.15, 0.2) is 83.8 Å². The van der Waals surface area contributed by atoms with Crippen molar-refractivity contribution in [2.75, 3.05) is 11.4 Å². The Bertz CT molecular complexity index is 1460. The van der Waals surface area contributed by atoms with Crippen LogP contribution in [0.3, 0.4) is 0 Å². The van der Waals surface area contributed by atoms with E-state index in [1.54, 1.807) is 12.1 Å². The smallest absolute Gasteiger partial charge is 0.257 e. The quantitative estimate of drug-likeness (QED) is 0.455. The van der Waals surface area contributed by atoms with Crippen LogP contribution in [0, 0.1) is 11.3 Å². The maximum atomic E-state index is 13.4. The van der Waals surface area contributed by atoms with Crippen LogP contribution in [0.1, 0.15) is 23.1 Å². The number of imide groups is 1. The van der Waals surface area contributed by atoms with Gasteiger partial charge in [0.15, 0.2) is 0 Å². The number of rotatable bonds is 8. The fraction of sp³-hybridized carbons (Fsp3) is 0.185. The maximum Gasteiger partial charge on any atom is 0.257 e. The second-order valence-corrected chi connectivity index (χ2v) is 10.2. The predicted octanol–water partition coefficient (Wildman–Crippen LogP) is 2.15. The molecule has 2 N–H and O–H groups in total. The third-order valence-corrected chi connectivity index (χ3v) is 7.09. The number of nitrogens with two attached hydrogens (primary N) is 1. The second-order valence-electron chi connectivity index (χ2n) is 8.63. The fourth-order valence-corrected chi connectivity index (χ4v) is 4.75. The fourth-order valence-electron chi connectivity index (χ4n) is 4.24. The van der Waals surface area contributed by atoms with Crippen molar-refractivity contribution in [3.05, 3.63) is 95.6 Å². The van der Waals surface area contributed by atoms with Crippen LogP contribution < -0.4 is 10.0 Å². The first-order valence-electron chi connectivity index (χ1n) is 11.5. The Balaban J connectivity index is 1.58. The number of benzene rings is 3. The van der Waals surface area contributed by atoms with E-state index in [-0.39, 0.29) is 30.2 Å². The number of hydrogen-bond donors (Lipinski definition) is 1. The van der Waals surface area contributed by atoms with Crippen molar-refractivity contribution in [2.24, 2.45) is 5.14 Å². The molecule has 37 heavy (non-hydrogen) atoms. The standard InChI is InChI=1S/C27H24N4O5S/c28-18-21-6-10-22(11-7-21)31-26(33)17-24(27(31)34)30(25(32)16-20-4-2-1-3-5-20)15-14-19-8-12-23(13-9-19)37(29,35)36/h1-13,24H,14-17H2,(H2,29,35,36). The van der Waals surface area contributed by atoms with Gasteiger partial charge in [-0.3, -0.25) is 14.4 Å². The number of carbonyl (C=O) groups is 3. The van der Waals surface area contributed by atoms with E-state index >= 15 is 0 Å². The summed E-state index contributed by atoms with van der Waals surface area (Å²) in [6, 6.07) is 22.2. The molecule has 1 aliphatic rings. The lowest BCUT2D eigenvalue weighted by molar-refractivity contribution is -0.137. The number of hydrogen-bond acceptors (Lipinski definition) is 6. The summed E-state index contributed by atoms with van der Waals surface area (Å²) >= 11 is 0. The molecule has 0 saturated carbocycles. The van der Waals surface area contributed by atoms with E-state index in [9.17, 15) is 22.8 Å². The minimum Gasteiger partial charge on any atom is -0.329 e. The Kier molecular flexibility index (Phi) is 7.47. The molecular formula is C27H24N4O5S. The third-order valence-electron chi connectivity index (χ3n) is 6.17. The van der Waals surface area contributed by atoms with E-state index in [4.69, 9.17) is 10.4 Å². The van der Waals surface area contributed by atoms with Crippen molar-refractivity contribution >= 4 is 33.4 Å². The molecule has 0 spiro atoms. The molecule has 0 bridgehead atoms. The van der Waals surface area contributed by atoms with Gasteiger partial charge < -0.3 is 4.90 Å². The van der Waals surface area contributed by atoms with Gasteiger partial charge in [0, 0.05) is 6.54 Å². The lowest BCUT2D eigenvalue weighted by Crippen LogP contribution is -2.47. The van der Waals surface area contributed by atoms with Crippen molar-refractivity contribution in [1.82, 2.24) is 4.90 Å². The van der Waals surface area contributed by atoms with Gasteiger partial charge in [-0.1, -0.05) is 42.5 Å². The van der Waals surface area contributed by atoms with Crippen LogP contribution >= 0.6 is 0 Å². The monoisotopic (exact) mass is 516 g/mol. The lowest BCUT2D eigenvalue weighted by Gasteiger charge is -2.28. The van der Waals surface area contributed by atoms with Gasteiger partial charge >= 0.3 is 0 Å². The molecule has 0 aromatic heterocycles. The van der Waals surface area contributed by atoms with Crippen molar-refractivity contribution in [3.8, 4) is 6.07 Å². The molecule has 3 aromatic carbocycles. The molecule has 10 heteroatoms. The molecular weight excluding hydrogens is 492 g/mol. The van der Waals surface area contributed by atoms with Gasteiger partial charge in [-0.2, -0.15) is 5.26 Å². The molecule has 1 aliphatic heterocycles. The van der Waals surface area contributed by atoms with Crippen molar-refractivity contribution < 1.29 is 22.8 Å². The number of primary sulfonamides is 1. The molecule has 3 aromatic rings. The third kappa shape index (κ3) is 5.91. The van der Waals surface area contributed by atoms with Crippen LogP contribution in [-0.4, -0.2) is 43.6 Å². The first-order valence-corrected chi connectivity index (χ1v) is 13.0. The van der Waals surface area contributed by atoms with Gasteiger partial charge in [-0.15, -0.1) is 0 Å². The minimum absolute atomic E-state index is 0.0251. The summed E-state index contributed by atoms with van der Waals surface area (Å²) in [5.41, 5.74) is 2.25. The molecule has 1 fully saturated rings. The number of nitriles is 1. The highest BCUT2D eigenvalue weighted by molar-refractivity contribution is 7.89. The van der Waals surface area contributed by atoms with Crippen LogP contribution in [0.4, 0.5) is 5.69 Å². The molecule has 1 heterocycles. The molecule has 0 radical (unpaired) electrons. The zero-order chi connectivity index (χ0) is 26.6. The highest BCUT2D eigenvalue weighted by Gasteiger charge is 2.44. The molecule has 0 aliphatic carbocycles. The Labute approximate surface area is 214 Å². The lowest BCUT2D eigenvalue weighted by atomic mass is 10.1. The summed E-state index contributed by atoms with van der Waals surface area (Å²) in [4.78, 5) is 42.1. The topological polar surface area (TPSA) is 142 Å². The minimum atomic E-state index is -3.83. The normalized spacial score (nSPS) is 15.5. The number of anilines is 1. The van der Waals surface area contributed by atoms with Gasteiger partial charge in [-0.05, 0) is 53.9 Å². The highest BCUT2D eigenvalue weighted by atomic mass is 32.2. The number of sulfonamides is 1. The average Bonchev–Trinajstić information content (AvgIpc) is 3.18. The van der Waals surface area contributed by atoms with Crippen LogP contribution in [0.5, 0.6) is 0 Å². The zero-order valence-corrected chi connectivity index (χ0v) is 20.6. The van der Waals surface area contributed by atoms with Gasteiger partial charge in [0.1, 0.15) is 6.04 Å². The van der Waals surface area contributed by atoms with Gasteiger partial charge in [0.05, 0.1) is 35.1 Å². The molecule has 1 atom stereocenters. The zero-order valence-electron chi connectivity index (χ0n) is 19.8. The van der Waals surface area contributed by atoms with E-state index in [2.05, 4.69) is 0 Å². The van der Waals surface area contributed by atoms with E-state index in [0.29, 0.717) is 17.7 Å². The van der Waals surface area contributed by atoms with E-state index in [1.165, 1.54) is 41.3 Å². The van der Waals surface area contributed by atoms with Crippen LogP contribution in [0.25, 0.3) is 0 Å². The Morgan fingerprint density at radius 2 is 1.62 bits per heavy atom. The SMILES string of the molecule is N#Cc1ccc(N2C(=O)CC(N(CCc3ccc(S(N)(=O)=O)cc3)C(=O)Cc3ccccc3)C2=O)cc1. The summed E-state index contributed by atoms with van der Waals surface area (Å²) in [6.45, 7) is 0.144. The van der Waals surface area contributed by atoms with Gasteiger partial charge in [0.2, 0.25) is 21.8 Å². The van der Waals surface area contributed by atoms with E-state index in [1.807, 2.05) is 36.4 Å². The van der Waals surface area contributed by atoms with E-state index < -0.39 is 27.9 Å². The van der Waals surface area contributed by atoms with Crippen molar-refractivity contribution in [2.45, 2.75) is 30.2 Å². The number of nitrogens with zero attached hydrogens (tertiary/aromatic N) is 3. The summed E-state index contributed by atoms with van der Waals surface area (Å²) in [5, 5.41) is 14.2. The number of carbonyl (C=O) groups excluding carboxylic acids is 3. The average molecular weight is 517 g/mol. The first kappa shape index (κ1) is 25.8. The summed E-state index contributed by atoms with van der Waals surface area (Å²) in [6.07, 6.45) is 0.226. The largest absolute Gasteiger partial charge is 0.329 e. The summed E-state index contributed by atoms with van der Waals surface area (Å²) < 4.78 is 23.1. The number of amides is 3. The Morgan fingerprint density at radius 3 is 2.22 bits per heavy atom. The Hall–Kier alpha value is -4.33. The molecule has 4 rings (SSSR count). The molecule has 1 saturated heterocycles. The molecule has 3 amide bonds. The van der Waals surface area contributed by atoms with Crippen molar-refractivity contribution in [1.29, 1.82) is 5.26 Å². The summed E-state index contributed by atoms with van der Waals surface area (Å²) in [5.74, 6) is -1.25. The first-order chi connectivity index (χ1) is 17.7. The van der Waals surface area contributed by atoms with Crippen LogP contribution in [0.2, 0.25) is 0 Å². The van der Waals surface area contributed by atoms with E-state index in [0.717, 1.165) is 16.0 Å². The Morgan fingerprint density at radius 1 is 0.973 bits per heavy atom. The second kappa shape index (κ2) is 10.7. The van der Waals surface area contributed by atoms with Crippen molar-refractivity contribution in [3.63, 3.8) is 0 Å². The van der Waals surface area contributed by atoms with Gasteiger partial charge in [0.25, 0.3) is 5.91 Å². The maximum absolute atomic E-state index is 13.4.